The van der Waals surface area contributed by atoms with Gasteiger partial charge in [0.05, 0.1) is 10.5 Å². The van der Waals surface area contributed by atoms with E-state index in [4.69, 9.17) is 0 Å². The molecule has 0 bridgehead atoms. The van der Waals surface area contributed by atoms with Crippen LogP contribution in [0.3, 0.4) is 0 Å². The summed E-state index contributed by atoms with van der Waals surface area (Å²) in [6, 6.07) is 5.76. The highest BCUT2D eigenvalue weighted by Crippen LogP contribution is 2.57. The van der Waals surface area contributed by atoms with Gasteiger partial charge in [-0.2, -0.15) is 0 Å². The Morgan fingerprint density at radius 3 is 2.52 bits per heavy atom. The second-order valence-corrected chi connectivity index (χ2v) is 11.2. The van der Waals surface area contributed by atoms with E-state index in [2.05, 4.69) is 36.9 Å². The van der Waals surface area contributed by atoms with Crippen LogP contribution in [-0.4, -0.2) is 68.1 Å². The van der Waals surface area contributed by atoms with Gasteiger partial charge in [-0.25, -0.2) is 14.8 Å². The fourth-order valence-electron chi connectivity index (χ4n) is 5.32. The Morgan fingerprint density at radius 2 is 1.91 bits per heavy atom. The number of hydrogen-bond acceptors (Lipinski definition) is 5. The highest BCUT2D eigenvalue weighted by Gasteiger charge is 2.52. The van der Waals surface area contributed by atoms with Crippen molar-refractivity contribution in [3.63, 3.8) is 0 Å². The largest absolute Gasteiger partial charge is 0.465 e. The first-order valence-corrected chi connectivity index (χ1v) is 12.1. The van der Waals surface area contributed by atoms with Crippen LogP contribution in [0.2, 0.25) is 0 Å². The van der Waals surface area contributed by atoms with Crippen molar-refractivity contribution >= 4 is 39.6 Å². The molecule has 9 heteroatoms. The van der Waals surface area contributed by atoms with Crippen LogP contribution in [0.15, 0.2) is 35.1 Å². The van der Waals surface area contributed by atoms with Crippen LogP contribution >= 0.6 is 15.9 Å². The Labute approximate surface area is 201 Å². The zero-order chi connectivity index (χ0) is 23.5. The molecule has 5 rings (SSSR count). The maximum atomic E-state index is 13.4. The monoisotopic (exact) mass is 513 g/mol. The number of hydrogen-bond donors (Lipinski definition) is 1. The third-order valence-corrected chi connectivity index (χ3v) is 7.42. The number of likely N-dealkylation sites (tertiary alicyclic amines) is 1. The number of amides is 2. The van der Waals surface area contributed by atoms with E-state index in [1.165, 1.54) is 10.5 Å². The van der Waals surface area contributed by atoms with Crippen molar-refractivity contribution in [3.05, 3.63) is 46.2 Å². The van der Waals surface area contributed by atoms with E-state index in [1.54, 1.807) is 17.3 Å². The van der Waals surface area contributed by atoms with Crippen molar-refractivity contribution in [1.82, 2.24) is 19.8 Å². The van der Waals surface area contributed by atoms with Crippen LogP contribution in [0, 0.1) is 0 Å². The van der Waals surface area contributed by atoms with E-state index >= 15 is 0 Å². The lowest BCUT2D eigenvalue weighted by Gasteiger charge is -2.37. The van der Waals surface area contributed by atoms with Crippen LogP contribution in [-0.2, 0) is 5.41 Å². The van der Waals surface area contributed by atoms with Gasteiger partial charge in [0.1, 0.15) is 0 Å². The summed E-state index contributed by atoms with van der Waals surface area (Å²) in [5.74, 6) is 0.573. The number of benzene rings is 1. The molecule has 1 atom stereocenters. The Morgan fingerprint density at radius 1 is 1.21 bits per heavy atom. The Kier molecular flexibility index (Phi) is 5.15. The first-order chi connectivity index (χ1) is 15.6. The molecule has 33 heavy (non-hydrogen) atoms. The number of carbonyl (C=O) groups excluding carboxylic acids is 1. The minimum Gasteiger partial charge on any atom is -0.465 e. The van der Waals surface area contributed by atoms with Gasteiger partial charge in [-0.1, -0.05) is 6.07 Å². The zero-order valence-electron chi connectivity index (χ0n) is 19.1. The van der Waals surface area contributed by atoms with E-state index < -0.39 is 11.6 Å². The Balaban J connectivity index is 1.40. The van der Waals surface area contributed by atoms with Crippen molar-refractivity contribution in [3.8, 4) is 0 Å². The Bertz CT molecular complexity index is 1110. The Hall–Kier alpha value is -2.68. The van der Waals surface area contributed by atoms with Crippen molar-refractivity contribution in [2.45, 2.75) is 57.0 Å². The first kappa shape index (κ1) is 22.1. The summed E-state index contributed by atoms with van der Waals surface area (Å²) in [5.41, 5.74) is 2.49. The predicted octanol–water partition coefficient (Wildman–Crippen LogP) is 4.42. The van der Waals surface area contributed by atoms with Crippen molar-refractivity contribution in [2.75, 3.05) is 24.5 Å². The molecular formula is C24H28BrN5O3. The SMILES string of the molecule is CC(C)(C)N(C(=O)O)[C@@H]1CCN(C(=O)c2ccc3c(c2)N(c2ncc(Br)cn2)CC32CC2)C1. The van der Waals surface area contributed by atoms with Crippen molar-refractivity contribution in [2.24, 2.45) is 0 Å². The second kappa shape index (κ2) is 7.68. The number of halogens is 1. The van der Waals surface area contributed by atoms with Crippen LogP contribution in [0.1, 0.15) is 56.0 Å². The molecule has 3 heterocycles. The van der Waals surface area contributed by atoms with E-state index in [0.717, 1.165) is 29.5 Å². The fraction of sp³-hybridized carbons (Fsp3) is 0.500. The van der Waals surface area contributed by atoms with Crippen molar-refractivity contribution in [1.29, 1.82) is 0 Å². The van der Waals surface area contributed by atoms with Gasteiger partial charge in [-0.15, -0.1) is 0 Å². The number of fused-ring (bicyclic) bond motifs is 2. The average molecular weight is 514 g/mol. The van der Waals surface area contributed by atoms with E-state index in [0.29, 0.717) is 31.0 Å². The highest BCUT2D eigenvalue weighted by molar-refractivity contribution is 9.10. The summed E-state index contributed by atoms with van der Waals surface area (Å²) < 4.78 is 0.824. The summed E-state index contributed by atoms with van der Waals surface area (Å²) in [7, 11) is 0. The molecule has 8 nitrogen and oxygen atoms in total. The maximum absolute atomic E-state index is 13.4. The first-order valence-electron chi connectivity index (χ1n) is 11.3. The quantitative estimate of drug-likeness (QED) is 0.653. The second-order valence-electron chi connectivity index (χ2n) is 10.3. The summed E-state index contributed by atoms with van der Waals surface area (Å²) in [6.45, 7) is 7.44. The van der Waals surface area contributed by atoms with Gasteiger partial charge in [-0.05, 0) is 73.7 Å². The molecule has 174 valence electrons. The maximum Gasteiger partial charge on any atom is 0.408 e. The molecule has 1 aromatic heterocycles. The predicted molar refractivity (Wildman–Crippen MR) is 128 cm³/mol. The lowest BCUT2D eigenvalue weighted by molar-refractivity contribution is 0.0649. The molecule has 0 radical (unpaired) electrons. The summed E-state index contributed by atoms with van der Waals surface area (Å²) in [6.07, 6.45) is 5.44. The summed E-state index contributed by atoms with van der Waals surface area (Å²) in [4.78, 5) is 39.6. The van der Waals surface area contributed by atoms with Crippen LogP contribution in [0.4, 0.5) is 16.4 Å². The van der Waals surface area contributed by atoms with Gasteiger partial charge in [0.15, 0.2) is 0 Å². The molecule has 3 aliphatic rings. The molecule has 1 N–H and O–H groups in total. The molecule has 2 amide bonds. The van der Waals surface area contributed by atoms with Gasteiger partial charge >= 0.3 is 6.09 Å². The lowest BCUT2D eigenvalue weighted by Crippen LogP contribution is -2.52. The molecular weight excluding hydrogens is 486 g/mol. The summed E-state index contributed by atoms with van der Waals surface area (Å²) >= 11 is 3.39. The van der Waals surface area contributed by atoms with Gasteiger partial charge < -0.3 is 14.9 Å². The van der Waals surface area contributed by atoms with Gasteiger partial charge in [0, 0.05) is 54.2 Å². The van der Waals surface area contributed by atoms with Crippen molar-refractivity contribution < 1.29 is 14.7 Å². The van der Waals surface area contributed by atoms with Crippen LogP contribution < -0.4 is 4.90 Å². The highest BCUT2D eigenvalue weighted by atomic mass is 79.9. The molecule has 1 saturated carbocycles. The van der Waals surface area contributed by atoms with E-state index in [1.807, 2.05) is 32.9 Å². The molecule has 1 aromatic carbocycles. The van der Waals surface area contributed by atoms with E-state index in [-0.39, 0.29) is 17.4 Å². The molecule has 2 aliphatic heterocycles. The molecule has 1 saturated heterocycles. The zero-order valence-corrected chi connectivity index (χ0v) is 20.7. The third kappa shape index (κ3) is 3.86. The molecule has 1 aliphatic carbocycles. The standard InChI is InChI=1S/C24H28BrN5O3/c1-23(2,3)30(22(32)33)17-6-9-28(13-17)20(31)15-4-5-18-19(10-15)29(14-24(18)7-8-24)21-26-11-16(25)12-27-21/h4-5,10-12,17H,6-9,13-14H2,1-3H3,(H,32,33)/t17-/m1/s1. The number of anilines is 2. The van der Waals surface area contributed by atoms with Gasteiger partial charge in [0.25, 0.3) is 5.91 Å². The number of carbonyl (C=O) groups is 2. The van der Waals surface area contributed by atoms with Gasteiger partial charge in [0.2, 0.25) is 5.95 Å². The molecule has 2 fully saturated rings. The lowest BCUT2D eigenvalue weighted by atomic mass is 9.97. The number of nitrogens with zero attached hydrogens (tertiary/aromatic N) is 5. The van der Waals surface area contributed by atoms with E-state index in [9.17, 15) is 14.7 Å². The molecule has 1 spiro atoms. The van der Waals surface area contributed by atoms with Crippen LogP contribution in [0.5, 0.6) is 0 Å². The number of aromatic nitrogens is 2. The number of carboxylic acid groups (broad SMARTS) is 1. The minimum absolute atomic E-state index is 0.0621. The number of rotatable bonds is 3. The average Bonchev–Trinajstić information content (AvgIpc) is 3.25. The smallest absolute Gasteiger partial charge is 0.408 e. The normalized spacial score (nSPS) is 20.8. The fourth-order valence-corrected chi connectivity index (χ4v) is 5.53. The minimum atomic E-state index is -0.945. The third-order valence-electron chi connectivity index (χ3n) is 7.01. The summed E-state index contributed by atoms with van der Waals surface area (Å²) in [5, 5.41) is 9.73. The van der Waals surface area contributed by atoms with Gasteiger partial charge in [-0.3, -0.25) is 9.69 Å². The van der Waals surface area contributed by atoms with Crippen LogP contribution in [0.25, 0.3) is 0 Å². The topological polar surface area (TPSA) is 89.9 Å². The molecule has 2 aromatic rings. The molecule has 0 unspecified atom stereocenters.